The van der Waals surface area contributed by atoms with Gasteiger partial charge in [0.25, 0.3) is 0 Å². The summed E-state index contributed by atoms with van der Waals surface area (Å²) in [7, 11) is -3.59. The van der Waals surface area contributed by atoms with Crippen LogP contribution in [0.3, 0.4) is 0 Å². The van der Waals surface area contributed by atoms with Crippen molar-refractivity contribution in [3.8, 4) is 10.6 Å². The van der Waals surface area contributed by atoms with Crippen LogP contribution in [0.4, 0.5) is 5.00 Å². The lowest BCUT2D eigenvalue weighted by Crippen LogP contribution is -2.17. The first-order valence-corrected chi connectivity index (χ1v) is 13.8. The van der Waals surface area contributed by atoms with Gasteiger partial charge in [0.2, 0.25) is 5.91 Å². The van der Waals surface area contributed by atoms with E-state index in [4.69, 9.17) is 4.74 Å². The second-order valence-corrected chi connectivity index (χ2v) is 11.6. The Bertz CT molecular complexity index is 1420. The number of thiophene rings is 1. The zero-order valence-corrected chi connectivity index (χ0v) is 21.0. The molecular formula is C24H22N2O5S3. The van der Waals surface area contributed by atoms with Crippen molar-refractivity contribution in [2.75, 3.05) is 17.7 Å². The van der Waals surface area contributed by atoms with Gasteiger partial charge in [-0.1, -0.05) is 30.3 Å². The van der Waals surface area contributed by atoms with E-state index in [9.17, 15) is 18.0 Å². The molecule has 10 heteroatoms. The van der Waals surface area contributed by atoms with Crippen LogP contribution in [0, 0.1) is 6.92 Å². The fourth-order valence-corrected chi connectivity index (χ4v) is 6.91. The summed E-state index contributed by atoms with van der Waals surface area (Å²) in [6.45, 7) is 3.75. The van der Waals surface area contributed by atoms with Crippen molar-refractivity contribution in [3.05, 3.63) is 65.0 Å². The first kappa shape index (κ1) is 24.1. The molecular weight excluding hydrogens is 492 g/mol. The van der Waals surface area contributed by atoms with E-state index < -0.39 is 21.7 Å². The topological polar surface area (TPSA) is 102 Å². The van der Waals surface area contributed by atoms with E-state index >= 15 is 0 Å². The number of para-hydroxylation sites is 1. The normalized spacial score (nSPS) is 11.5. The maximum atomic E-state index is 12.8. The third kappa shape index (κ3) is 5.03. The first-order valence-electron chi connectivity index (χ1n) is 10.5. The van der Waals surface area contributed by atoms with E-state index in [1.54, 1.807) is 32.0 Å². The van der Waals surface area contributed by atoms with Crippen LogP contribution in [0.1, 0.15) is 28.6 Å². The van der Waals surface area contributed by atoms with Crippen molar-refractivity contribution in [2.24, 2.45) is 0 Å². The van der Waals surface area contributed by atoms with Crippen LogP contribution >= 0.6 is 22.7 Å². The van der Waals surface area contributed by atoms with Gasteiger partial charge >= 0.3 is 5.97 Å². The summed E-state index contributed by atoms with van der Waals surface area (Å²) < 4.78 is 31.3. The molecule has 0 fully saturated rings. The minimum Gasteiger partial charge on any atom is -0.462 e. The summed E-state index contributed by atoms with van der Waals surface area (Å²) in [5, 5.41) is 3.92. The maximum Gasteiger partial charge on any atom is 0.348 e. The van der Waals surface area contributed by atoms with Gasteiger partial charge < -0.3 is 10.1 Å². The maximum absolute atomic E-state index is 12.8. The average Bonchev–Trinajstić information content (AvgIpc) is 3.39. The third-order valence-corrected chi connectivity index (χ3v) is 9.04. The molecule has 0 spiro atoms. The molecule has 0 aliphatic rings. The standard InChI is InChI=1S/C24H22N2O5S3/c1-3-31-24(28)21-15(2)20(22-25-17-11-7-8-12-18(17)32-22)23(33-21)26-19(27)13-14-34(29,30)16-9-5-4-6-10-16/h4-12H,3,13-14H2,1-2H3,(H,26,27). The molecule has 2 aromatic heterocycles. The summed E-state index contributed by atoms with van der Waals surface area (Å²) >= 11 is 2.56. The SMILES string of the molecule is CCOC(=O)c1sc(NC(=O)CCS(=O)(=O)c2ccccc2)c(-c2nc3ccccc3s2)c1C. The number of rotatable bonds is 8. The highest BCUT2D eigenvalue weighted by molar-refractivity contribution is 7.91. The summed E-state index contributed by atoms with van der Waals surface area (Å²) in [5.41, 5.74) is 2.13. The number of ether oxygens (including phenoxy) is 1. The molecule has 0 radical (unpaired) electrons. The number of nitrogens with one attached hydrogen (secondary N) is 1. The number of anilines is 1. The smallest absolute Gasteiger partial charge is 0.348 e. The van der Waals surface area contributed by atoms with Gasteiger partial charge in [-0.25, -0.2) is 18.2 Å². The number of hydrogen-bond donors (Lipinski definition) is 1. The van der Waals surface area contributed by atoms with Crippen LogP contribution < -0.4 is 5.32 Å². The quantitative estimate of drug-likeness (QED) is 0.320. The van der Waals surface area contributed by atoms with Gasteiger partial charge in [-0.05, 0) is 43.7 Å². The molecule has 0 saturated heterocycles. The summed E-state index contributed by atoms with van der Waals surface area (Å²) in [6, 6.07) is 15.7. The molecule has 2 aromatic carbocycles. The van der Waals surface area contributed by atoms with Crippen molar-refractivity contribution in [3.63, 3.8) is 0 Å². The number of aromatic nitrogens is 1. The van der Waals surface area contributed by atoms with E-state index in [1.165, 1.54) is 23.5 Å². The molecule has 0 aliphatic heterocycles. The number of sulfone groups is 1. The van der Waals surface area contributed by atoms with Crippen LogP contribution in [-0.2, 0) is 19.4 Å². The highest BCUT2D eigenvalue weighted by Crippen LogP contribution is 2.43. The molecule has 34 heavy (non-hydrogen) atoms. The van der Waals surface area contributed by atoms with Gasteiger partial charge in [0.15, 0.2) is 9.84 Å². The van der Waals surface area contributed by atoms with Gasteiger partial charge in [-0.2, -0.15) is 0 Å². The number of nitrogens with zero attached hydrogens (tertiary/aromatic N) is 1. The predicted molar refractivity (Wildman–Crippen MR) is 135 cm³/mol. The van der Waals surface area contributed by atoms with Crippen molar-refractivity contribution in [2.45, 2.75) is 25.2 Å². The lowest BCUT2D eigenvalue weighted by molar-refractivity contribution is -0.115. The van der Waals surface area contributed by atoms with Crippen LogP contribution in [0.2, 0.25) is 0 Å². The zero-order chi connectivity index (χ0) is 24.3. The number of carbonyl (C=O) groups excluding carboxylic acids is 2. The Balaban J connectivity index is 1.63. The molecule has 176 valence electrons. The predicted octanol–water partition coefficient (Wildman–Crippen LogP) is 5.31. The summed E-state index contributed by atoms with van der Waals surface area (Å²) in [5.74, 6) is -1.26. The number of thiazole rings is 1. The Morgan fingerprint density at radius 1 is 1.03 bits per heavy atom. The van der Waals surface area contributed by atoms with Crippen LogP contribution in [0.5, 0.6) is 0 Å². The molecule has 0 unspecified atom stereocenters. The highest BCUT2D eigenvalue weighted by atomic mass is 32.2. The number of amides is 1. The van der Waals surface area contributed by atoms with Gasteiger partial charge in [0.1, 0.15) is 14.9 Å². The van der Waals surface area contributed by atoms with Crippen LogP contribution in [0.15, 0.2) is 59.5 Å². The molecule has 0 atom stereocenters. The van der Waals surface area contributed by atoms with Gasteiger partial charge in [0.05, 0.1) is 27.5 Å². The minimum absolute atomic E-state index is 0.175. The molecule has 1 N–H and O–H groups in total. The van der Waals surface area contributed by atoms with Crippen molar-refractivity contribution in [1.29, 1.82) is 0 Å². The minimum atomic E-state index is -3.59. The Morgan fingerprint density at radius 2 is 1.74 bits per heavy atom. The van der Waals surface area contributed by atoms with E-state index in [1.807, 2.05) is 24.3 Å². The highest BCUT2D eigenvalue weighted by Gasteiger charge is 2.26. The van der Waals surface area contributed by atoms with Gasteiger partial charge in [-0.15, -0.1) is 22.7 Å². The first-order chi connectivity index (χ1) is 16.3. The van der Waals surface area contributed by atoms with E-state index in [0.717, 1.165) is 21.6 Å². The summed E-state index contributed by atoms with van der Waals surface area (Å²) in [4.78, 5) is 30.5. The number of carbonyl (C=O) groups is 2. The molecule has 7 nitrogen and oxygen atoms in total. The zero-order valence-electron chi connectivity index (χ0n) is 18.5. The van der Waals surface area contributed by atoms with Crippen molar-refractivity contribution in [1.82, 2.24) is 4.98 Å². The molecule has 0 aliphatic carbocycles. The van der Waals surface area contributed by atoms with Crippen LogP contribution in [-0.4, -0.2) is 37.6 Å². The van der Waals surface area contributed by atoms with Crippen molar-refractivity contribution < 1.29 is 22.7 Å². The number of benzene rings is 2. The number of fused-ring (bicyclic) bond motifs is 1. The Labute approximate surface area is 205 Å². The van der Waals surface area contributed by atoms with E-state index in [-0.39, 0.29) is 23.7 Å². The van der Waals surface area contributed by atoms with Gasteiger partial charge in [0, 0.05) is 12.0 Å². The largest absolute Gasteiger partial charge is 0.462 e. The van der Waals surface area contributed by atoms with Crippen molar-refractivity contribution >= 4 is 59.6 Å². The second-order valence-electron chi connectivity index (χ2n) is 7.40. The Hall–Kier alpha value is -3.08. The third-order valence-electron chi connectivity index (χ3n) is 5.07. The fourth-order valence-electron chi connectivity index (χ4n) is 3.39. The molecule has 4 aromatic rings. The lowest BCUT2D eigenvalue weighted by Gasteiger charge is -2.07. The monoisotopic (exact) mass is 514 g/mol. The van der Waals surface area contributed by atoms with Gasteiger partial charge in [-0.3, -0.25) is 4.79 Å². The average molecular weight is 515 g/mol. The van der Waals surface area contributed by atoms with E-state index in [2.05, 4.69) is 10.3 Å². The molecule has 4 rings (SSSR count). The summed E-state index contributed by atoms with van der Waals surface area (Å²) in [6.07, 6.45) is -0.220. The number of hydrogen-bond acceptors (Lipinski definition) is 8. The Morgan fingerprint density at radius 3 is 2.44 bits per heavy atom. The molecule has 0 saturated carbocycles. The Kier molecular flexibility index (Phi) is 7.11. The lowest BCUT2D eigenvalue weighted by atomic mass is 10.1. The number of esters is 1. The fraction of sp³-hybridized carbons (Fsp3) is 0.208. The molecule has 0 bridgehead atoms. The molecule has 1 amide bonds. The van der Waals surface area contributed by atoms with E-state index in [0.29, 0.717) is 26.0 Å². The second kappa shape index (κ2) is 10.0. The van der Waals surface area contributed by atoms with Crippen LogP contribution in [0.25, 0.3) is 20.8 Å². The molecule has 2 heterocycles.